The number of halogens is 1. The number of nitrogens with zero attached hydrogens (tertiary/aromatic N) is 1. The molecule has 0 fully saturated rings. The van der Waals surface area contributed by atoms with Gasteiger partial charge in [0.15, 0.2) is 5.96 Å². The largest absolute Gasteiger partial charge is 0.374 e. The smallest absolute Gasteiger partial charge is 0.215 e. The SMILES string of the molecule is CCNC(=NCc1ccc(CS(=O)(=O)NC)cc1)NCCCOC(C)c1ccccc1.I. The Bertz CT molecular complexity index is 907. The van der Waals surface area contributed by atoms with Gasteiger partial charge in [-0.2, -0.15) is 0 Å². The van der Waals surface area contributed by atoms with Gasteiger partial charge in [0.25, 0.3) is 0 Å². The quantitative estimate of drug-likeness (QED) is 0.156. The third kappa shape index (κ3) is 10.8. The summed E-state index contributed by atoms with van der Waals surface area (Å²) in [6.45, 7) is 6.80. The van der Waals surface area contributed by atoms with E-state index < -0.39 is 10.0 Å². The first-order valence-electron chi connectivity index (χ1n) is 10.6. The molecule has 0 spiro atoms. The molecular formula is C23H35IN4O3S. The van der Waals surface area contributed by atoms with E-state index in [1.807, 2.05) is 49.4 Å². The highest BCUT2D eigenvalue weighted by Crippen LogP contribution is 2.15. The van der Waals surface area contributed by atoms with Gasteiger partial charge in [0.05, 0.1) is 18.4 Å². The van der Waals surface area contributed by atoms with Crippen molar-refractivity contribution in [1.82, 2.24) is 15.4 Å². The Balaban J connectivity index is 0.00000512. The molecular weight excluding hydrogens is 539 g/mol. The maximum Gasteiger partial charge on any atom is 0.215 e. The van der Waals surface area contributed by atoms with E-state index in [0.717, 1.165) is 36.6 Å². The van der Waals surface area contributed by atoms with E-state index in [4.69, 9.17) is 4.74 Å². The number of rotatable bonds is 12. The Labute approximate surface area is 209 Å². The number of sulfonamides is 1. The number of hydrogen-bond acceptors (Lipinski definition) is 4. The van der Waals surface area contributed by atoms with Crippen LogP contribution in [-0.2, 0) is 27.1 Å². The van der Waals surface area contributed by atoms with Crippen LogP contribution in [0.1, 0.15) is 43.1 Å². The Kier molecular flexibility index (Phi) is 13.5. The van der Waals surface area contributed by atoms with Crippen molar-refractivity contribution in [2.75, 3.05) is 26.7 Å². The van der Waals surface area contributed by atoms with E-state index in [1.54, 1.807) is 0 Å². The zero-order valence-corrected chi connectivity index (χ0v) is 22.2. The highest BCUT2D eigenvalue weighted by molar-refractivity contribution is 14.0. The third-order valence-electron chi connectivity index (χ3n) is 4.71. The fraction of sp³-hybridized carbons (Fsp3) is 0.435. The molecule has 32 heavy (non-hydrogen) atoms. The second kappa shape index (κ2) is 15.2. The summed E-state index contributed by atoms with van der Waals surface area (Å²) in [6.07, 6.45) is 0.949. The van der Waals surface area contributed by atoms with Gasteiger partial charge in [-0.25, -0.2) is 18.1 Å². The normalized spacial score (nSPS) is 12.7. The van der Waals surface area contributed by atoms with Gasteiger partial charge < -0.3 is 15.4 Å². The Morgan fingerprint density at radius 2 is 1.69 bits per heavy atom. The van der Waals surface area contributed by atoms with Crippen LogP contribution in [0, 0.1) is 0 Å². The summed E-state index contributed by atoms with van der Waals surface area (Å²) in [5.74, 6) is 0.725. The average molecular weight is 575 g/mol. The van der Waals surface area contributed by atoms with Crippen molar-refractivity contribution < 1.29 is 13.2 Å². The lowest BCUT2D eigenvalue weighted by molar-refractivity contribution is 0.0646. The summed E-state index contributed by atoms with van der Waals surface area (Å²) in [4.78, 5) is 4.61. The lowest BCUT2D eigenvalue weighted by atomic mass is 10.1. The molecule has 0 aliphatic carbocycles. The van der Waals surface area contributed by atoms with Crippen LogP contribution in [0.5, 0.6) is 0 Å². The topological polar surface area (TPSA) is 91.8 Å². The Morgan fingerprint density at radius 1 is 1.03 bits per heavy atom. The van der Waals surface area contributed by atoms with Gasteiger partial charge in [-0.05, 0) is 44.0 Å². The molecule has 7 nitrogen and oxygen atoms in total. The molecule has 0 heterocycles. The van der Waals surface area contributed by atoms with Gasteiger partial charge in [-0.3, -0.25) is 0 Å². The summed E-state index contributed by atoms with van der Waals surface area (Å²) in [7, 11) is -1.84. The minimum Gasteiger partial charge on any atom is -0.374 e. The zero-order chi connectivity index (χ0) is 22.5. The number of nitrogens with one attached hydrogen (secondary N) is 3. The highest BCUT2D eigenvalue weighted by atomic mass is 127. The molecule has 0 bridgehead atoms. The van der Waals surface area contributed by atoms with Crippen molar-refractivity contribution in [2.45, 2.75) is 38.7 Å². The number of guanidine groups is 1. The van der Waals surface area contributed by atoms with Gasteiger partial charge in [0, 0.05) is 19.7 Å². The van der Waals surface area contributed by atoms with Crippen LogP contribution in [0.2, 0.25) is 0 Å². The minimum absolute atomic E-state index is 0. The zero-order valence-electron chi connectivity index (χ0n) is 19.0. The molecule has 2 rings (SSSR count). The molecule has 1 unspecified atom stereocenters. The fourth-order valence-electron chi connectivity index (χ4n) is 2.90. The molecule has 2 aromatic carbocycles. The van der Waals surface area contributed by atoms with Crippen LogP contribution in [0.25, 0.3) is 0 Å². The number of benzene rings is 2. The van der Waals surface area contributed by atoms with Crippen LogP contribution >= 0.6 is 24.0 Å². The van der Waals surface area contributed by atoms with Crippen molar-refractivity contribution in [3.05, 3.63) is 71.3 Å². The van der Waals surface area contributed by atoms with Crippen molar-refractivity contribution in [1.29, 1.82) is 0 Å². The predicted molar refractivity (Wildman–Crippen MR) is 142 cm³/mol. The van der Waals surface area contributed by atoms with E-state index in [0.29, 0.717) is 13.2 Å². The minimum atomic E-state index is -3.26. The molecule has 0 saturated carbocycles. The molecule has 9 heteroatoms. The standard InChI is InChI=1S/C23H34N4O3S.HI/c1-4-25-23(26-15-8-16-30-19(2)22-9-6-5-7-10-22)27-17-20-11-13-21(14-12-20)18-31(28,29)24-3;/h5-7,9-14,19,24H,4,8,15-18H2,1-3H3,(H2,25,26,27);1H. The first kappa shape index (κ1) is 28.3. The van der Waals surface area contributed by atoms with Crippen LogP contribution in [-0.4, -0.2) is 41.1 Å². The van der Waals surface area contributed by atoms with Gasteiger partial charge in [0.2, 0.25) is 10.0 Å². The molecule has 178 valence electrons. The summed E-state index contributed by atoms with van der Waals surface area (Å²) < 4.78 is 31.5. The second-order valence-corrected chi connectivity index (χ2v) is 9.11. The second-order valence-electron chi connectivity index (χ2n) is 7.18. The van der Waals surface area contributed by atoms with E-state index in [1.165, 1.54) is 12.6 Å². The van der Waals surface area contributed by atoms with Crippen molar-refractivity contribution in [3.8, 4) is 0 Å². The summed E-state index contributed by atoms with van der Waals surface area (Å²) in [5, 5.41) is 6.56. The van der Waals surface area contributed by atoms with Crippen molar-refractivity contribution in [2.24, 2.45) is 4.99 Å². The fourth-order valence-corrected chi connectivity index (χ4v) is 3.68. The van der Waals surface area contributed by atoms with Crippen molar-refractivity contribution >= 4 is 40.0 Å². The van der Waals surface area contributed by atoms with Gasteiger partial charge in [-0.15, -0.1) is 24.0 Å². The molecule has 0 amide bonds. The van der Waals surface area contributed by atoms with E-state index in [-0.39, 0.29) is 35.8 Å². The van der Waals surface area contributed by atoms with E-state index in [2.05, 4.69) is 39.4 Å². The molecule has 0 aliphatic rings. The van der Waals surface area contributed by atoms with E-state index in [9.17, 15) is 8.42 Å². The number of aliphatic imine (C=N–C) groups is 1. The van der Waals surface area contributed by atoms with Crippen LogP contribution in [0.15, 0.2) is 59.6 Å². The van der Waals surface area contributed by atoms with Gasteiger partial charge in [-0.1, -0.05) is 54.6 Å². The highest BCUT2D eigenvalue weighted by Gasteiger charge is 2.08. The Morgan fingerprint density at radius 3 is 2.31 bits per heavy atom. The molecule has 0 radical (unpaired) electrons. The van der Waals surface area contributed by atoms with Crippen LogP contribution < -0.4 is 15.4 Å². The molecule has 0 aromatic heterocycles. The van der Waals surface area contributed by atoms with E-state index >= 15 is 0 Å². The molecule has 0 aliphatic heterocycles. The lowest BCUT2D eigenvalue weighted by Gasteiger charge is -2.14. The predicted octanol–water partition coefficient (Wildman–Crippen LogP) is 3.58. The van der Waals surface area contributed by atoms with Crippen molar-refractivity contribution in [3.63, 3.8) is 0 Å². The third-order valence-corrected chi connectivity index (χ3v) is 6.04. The summed E-state index contributed by atoms with van der Waals surface area (Å²) in [5.41, 5.74) is 2.94. The number of hydrogen-bond donors (Lipinski definition) is 3. The summed E-state index contributed by atoms with van der Waals surface area (Å²) in [6, 6.07) is 17.7. The molecule has 0 saturated heterocycles. The molecule has 1 atom stereocenters. The maximum absolute atomic E-state index is 11.6. The lowest BCUT2D eigenvalue weighted by Crippen LogP contribution is -2.38. The molecule has 3 N–H and O–H groups in total. The molecule has 2 aromatic rings. The van der Waals surface area contributed by atoms with Crippen LogP contribution in [0.3, 0.4) is 0 Å². The monoisotopic (exact) mass is 574 g/mol. The average Bonchev–Trinajstić information content (AvgIpc) is 2.78. The Hall–Kier alpha value is -1.69. The summed E-state index contributed by atoms with van der Waals surface area (Å²) >= 11 is 0. The number of ether oxygens (including phenoxy) is 1. The van der Waals surface area contributed by atoms with Crippen LogP contribution in [0.4, 0.5) is 0 Å². The van der Waals surface area contributed by atoms with Gasteiger partial charge >= 0.3 is 0 Å². The first-order valence-corrected chi connectivity index (χ1v) is 12.3. The maximum atomic E-state index is 11.6. The first-order chi connectivity index (χ1) is 14.9. The van der Waals surface area contributed by atoms with Gasteiger partial charge in [0.1, 0.15) is 0 Å².